The summed E-state index contributed by atoms with van der Waals surface area (Å²) in [5, 5.41) is 13.3. The van der Waals surface area contributed by atoms with E-state index in [1.54, 1.807) is 0 Å². The van der Waals surface area contributed by atoms with Crippen molar-refractivity contribution in [1.29, 1.82) is 0 Å². The predicted octanol–water partition coefficient (Wildman–Crippen LogP) is 5.12. The molecular formula is C27H28N2O4. The summed E-state index contributed by atoms with van der Waals surface area (Å²) in [5.74, 6) is -0.0433. The number of hydrogen-bond donors (Lipinski definition) is 2. The quantitative estimate of drug-likeness (QED) is 0.197. The molecular weight excluding hydrogens is 416 g/mol. The van der Waals surface area contributed by atoms with Gasteiger partial charge < -0.3 is 19.7 Å². The Balaban J connectivity index is 1.40. The average molecular weight is 445 g/mol. The third kappa shape index (κ3) is 6.13. The van der Waals surface area contributed by atoms with Gasteiger partial charge in [0, 0.05) is 24.7 Å². The van der Waals surface area contributed by atoms with Gasteiger partial charge in [0.1, 0.15) is 12.4 Å². The fraction of sp³-hybridized carbons (Fsp3) is 0.259. The van der Waals surface area contributed by atoms with Crippen LogP contribution in [0, 0.1) is 0 Å². The first-order chi connectivity index (χ1) is 16.2. The highest BCUT2D eigenvalue weighted by Gasteiger charge is 2.21. The van der Waals surface area contributed by atoms with Gasteiger partial charge in [-0.15, -0.1) is 0 Å². The zero-order valence-corrected chi connectivity index (χ0v) is 18.4. The van der Waals surface area contributed by atoms with E-state index in [1.165, 1.54) is 5.56 Å². The Bertz CT molecular complexity index is 1100. The standard InChI is InChI=1S/C27H28N2O4/c30-27(31)19-32-26-13-5-11-23-21(9-4-12-24(23)26)10-6-16-33-29-25(17-20-14-15-28-18-20)22-7-2-1-3-8-22/h1-3,5-8,10-11,13-15,18,21,28H,4,9,12,16-17,19H2,(H,30,31). The maximum Gasteiger partial charge on any atom is 0.341 e. The molecule has 1 aromatic heterocycles. The number of carbonyl (C=O) groups is 1. The molecule has 1 unspecified atom stereocenters. The number of hydrogen-bond acceptors (Lipinski definition) is 4. The highest BCUT2D eigenvalue weighted by molar-refractivity contribution is 6.01. The molecule has 0 saturated heterocycles. The van der Waals surface area contributed by atoms with Crippen LogP contribution in [0.3, 0.4) is 0 Å². The molecule has 1 atom stereocenters. The highest BCUT2D eigenvalue weighted by Crippen LogP contribution is 2.37. The lowest BCUT2D eigenvalue weighted by Crippen LogP contribution is -2.14. The van der Waals surface area contributed by atoms with E-state index in [-0.39, 0.29) is 12.5 Å². The number of aromatic amines is 1. The fourth-order valence-electron chi connectivity index (χ4n) is 4.18. The van der Waals surface area contributed by atoms with Crippen LogP contribution in [-0.4, -0.2) is 35.0 Å². The van der Waals surface area contributed by atoms with Crippen LogP contribution in [0.2, 0.25) is 0 Å². The number of aliphatic carboxylic acids is 1. The van der Waals surface area contributed by atoms with Crippen molar-refractivity contribution in [3.05, 3.63) is 101 Å². The smallest absolute Gasteiger partial charge is 0.341 e. The minimum absolute atomic E-state index is 0.253. The monoisotopic (exact) mass is 444 g/mol. The minimum atomic E-state index is -0.969. The maximum atomic E-state index is 10.9. The second-order valence-corrected chi connectivity index (χ2v) is 8.03. The number of nitrogens with one attached hydrogen (secondary N) is 1. The van der Waals surface area contributed by atoms with Crippen LogP contribution < -0.4 is 4.74 Å². The van der Waals surface area contributed by atoms with Gasteiger partial charge in [-0.2, -0.15) is 0 Å². The van der Waals surface area contributed by atoms with E-state index in [0.717, 1.165) is 41.7 Å². The Hall–Kier alpha value is -3.80. The molecule has 6 nitrogen and oxygen atoms in total. The van der Waals surface area contributed by atoms with Crippen molar-refractivity contribution in [1.82, 2.24) is 4.98 Å². The molecule has 33 heavy (non-hydrogen) atoms. The molecule has 2 aromatic carbocycles. The summed E-state index contributed by atoms with van der Waals surface area (Å²) in [5.41, 5.74) is 5.37. The molecule has 2 N–H and O–H groups in total. The number of carboxylic acids is 1. The molecule has 0 bridgehead atoms. The van der Waals surface area contributed by atoms with Crippen LogP contribution in [0.4, 0.5) is 0 Å². The van der Waals surface area contributed by atoms with E-state index < -0.39 is 5.97 Å². The average Bonchev–Trinajstić information content (AvgIpc) is 3.35. The molecule has 0 saturated carbocycles. The molecule has 0 aliphatic heterocycles. The summed E-state index contributed by atoms with van der Waals surface area (Å²) in [7, 11) is 0. The van der Waals surface area contributed by atoms with Gasteiger partial charge in [-0.05, 0) is 59.7 Å². The highest BCUT2D eigenvalue weighted by atomic mass is 16.6. The molecule has 0 spiro atoms. The van der Waals surface area contributed by atoms with Crippen LogP contribution in [-0.2, 0) is 22.5 Å². The lowest BCUT2D eigenvalue weighted by Gasteiger charge is -2.25. The molecule has 0 amide bonds. The molecule has 1 aliphatic rings. The number of allylic oxidation sites excluding steroid dienone is 1. The number of nitrogens with zero attached hydrogens (tertiary/aromatic N) is 1. The number of carboxylic acid groups (broad SMARTS) is 1. The molecule has 1 heterocycles. The van der Waals surface area contributed by atoms with Crippen LogP contribution in [0.25, 0.3) is 0 Å². The summed E-state index contributed by atoms with van der Waals surface area (Å²) in [6.07, 6.45) is 11.7. The zero-order chi connectivity index (χ0) is 22.9. The van der Waals surface area contributed by atoms with Crippen LogP contribution >= 0.6 is 0 Å². The van der Waals surface area contributed by atoms with Crippen LogP contribution in [0.1, 0.15) is 41.0 Å². The molecule has 170 valence electrons. The van der Waals surface area contributed by atoms with Crippen molar-refractivity contribution >= 4 is 11.7 Å². The van der Waals surface area contributed by atoms with Gasteiger partial charge in [-0.1, -0.05) is 53.7 Å². The number of oxime groups is 1. The predicted molar refractivity (Wildman–Crippen MR) is 128 cm³/mol. The lowest BCUT2D eigenvalue weighted by molar-refractivity contribution is -0.139. The Kier molecular flexibility index (Phi) is 7.59. The molecule has 3 aromatic rings. The van der Waals surface area contributed by atoms with Crippen molar-refractivity contribution in [2.24, 2.45) is 5.16 Å². The van der Waals surface area contributed by atoms with E-state index in [4.69, 9.17) is 14.7 Å². The second-order valence-electron chi connectivity index (χ2n) is 8.03. The number of H-pyrrole nitrogens is 1. The van der Waals surface area contributed by atoms with Gasteiger partial charge in [-0.25, -0.2) is 4.79 Å². The molecule has 0 fully saturated rings. The van der Waals surface area contributed by atoms with Gasteiger partial charge in [0.15, 0.2) is 6.61 Å². The first-order valence-electron chi connectivity index (χ1n) is 11.2. The van der Waals surface area contributed by atoms with Crippen molar-refractivity contribution in [2.75, 3.05) is 13.2 Å². The van der Waals surface area contributed by atoms with Crippen molar-refractivity contribution in [3.63, 3.8) is 0 Å². The second kappa shape index (κ2) is 11.2. The Morgan fingerprint density at radius 3 is 2.82 bits per heavy atom. The summed E-state index contributed by atoms with van der Waals surface area (Å²) < 4.78 is 5.50. The fourth-order valence-corrected chi connectivity index (χ4v) is 4.18. The van der Waals surface area contributed by atoms with Crippen LogP contribution in [0.15, 0.2) is 84.3 Å². The normalized spacial score (nSPS) is 15.9. The van der Waals surface area contributed by atoms with Crippen LogP contribution in [0.5, 0.6) is 5.75 Å². The van der Waals surface area contributed by atoms with Crippen molar-refractivity contribution in [2.45, 2.75) is 31.6 Å². The minimum Gasteiger partial charge on any atom is -0.482 e. The van der Waals surface area contributed by atoms with Crippen molar-refractivity contribution < 1.29 is 19.5 Å². The Morgan fingerprint density at radius 1 is 1.15 bits per heavy atom. The van der Waals surface area contributed by atoms with Crippen molar-refractivity contribution in [3.8, 4) is 5.75 Å². The topological polar surface area (TPSA) is 83.9 Å². The number of benzene rings is 2. The third-order valence-corrected chi connectivity index (χ3v) is 5.72. The van der Waals surface area contributed by atoms with Gasteiger partial charge in [0.05, 0.1) is 5.71 Å². The van der Waals surface area contributed by atoms with Gasteiger partial charge >= 0.3 is 5.97 Å². The summed E-state index contributed by atoms with van der Waals surface area (Å²) in [4.78, 5) is 19.6. The lowest BCUT2D eigenvalue weighted by atomic mass is 9.82. The largest absolute Gasteiger partial charge is 0.482 e. The van der Waals surface area contributed by atoms with E-state index in [0.29, 0.717) is 18.8 Å². The summed E-state index contributed by atoms with van der Waals surface area (Å²) in [6.45, 7) is 0.0554. The Morgan fingerprint density at radius 2 is 2.03 bits per heavy atom. The third-order valence-electron chi connectivity index (χ3n) is 5.72. The molecule has 1 aliphatic carbocycles. The SMILES string of the molecule is O=C(O)COc1cccc2c1CCCC2C=CCON=C(Cc1cc[nH]c1)c1ccccc1. The first-order valence-corrected chi connectivity index (χ1v) is 11.2. The number of fused-ring (bicyclic) bond motifs is 1. The van der Waals surface area contributed by atoms with Gasteiger partial charge in [0.2, 0.25) is 0 Å². The number of rotatable bonds is 10. The van der Waals surface area contributed by atoms with Gasteiger partial charge in [-0.3, -0.25) is 0 Å². The zero-order valence-electron chi connectivity index (χ0n) is 18.4. The maximum absolute atomic E-state index is 10.9. The summed E-state index contributed by atoms with van der Waals surface area (Å²) in [6, 6.07) is 18.0. The Labute approximate surface area is 193 Å². The van der Waals surface area contributed by atoms with Gasteiger partial charge in [0.25, 0.3) is 0 Å². The van der Waals surface area contributed by atoms with E-state index >= 15 is 0 Å². The summed E-state index contributed by atoms with van der Waals surface area (Å²) >= 11 is 0. The first kappa shape index (κ1) is 22.4. The van der Waals surface area contributed by atoms with E-state index in [9.17, 15) is 4.79 Å². The molecule has 6 heteroatoms. The molecule has 0 radical (unpaired) electrons. The van der Waals surface area contributed by atoms with E-state index in [1.807, 2.05) is 67.0 Å². The molecule has 4 rings (SSSR count). The number of ether oxygens (including phenoxy) is 1. The number of aromatic nitrogens is 1. The van der Waals surface area contributed by atoms with E-state index in [2.05, 4.69) is 22.3 Å².